The Labute approximate surface area is 192 Å². The summed E-state index contributed by atoms with van der Waals surface area (Å²) in [7, 11) is 0. The summed E-state index contributed by atoms with van der Waals surface area (Å²) in [4.78, 5) is 27.1. The zero-order valence-electron chi connectivity index (χ0n) is 18.5. The van der Waals surface area contributed by atoms with Crippen LogP contribution in [0.3, 0.4) is 0 Å². The second-order valence-corrected chi connectivity index (χ2v) is 8.72. The van der Waals surface area contributed by atoms with Gasteiger partial charge in [0.25, 0.3) is 5.91 Å². The summed E-state index contributed by atoms with van der Waals surface area (Å²) in [5, 5.41) is 2.87. The van der Waals surface area contributed by atoms with E-state index in [1.54, 1.807) is 19.1 Å². The summed E-state index contributed by atoms with van der Waals surface area (Å²) in [5.41, 5.74) is 1.88. The highest BCUT2D eigenvalue weighted by atomic mass is 79.9. The molecule has 2 aromatic rings. The average Bonchev–Trinajstić information content (AvgIpc) is 2.75. The number of aryl methyl sites for hydroxylation is 1. The minimum Gasteiger partial charge on any atom is -0.483 e. The summed E-state index contributed by atoms with van der Waals surface area (Å²) in [5.74, 6) is -0.0675. The maximum Gasteiger partial charge on any atom is 0.261 e. The van der Waals surface area contributed by atoms with Gasteiger partial charge in [-0.3, -0.25) is 9.59 Å². The number of rotatable bonds is 10. The summed E-state index contributed by atoms with van der Waals surface area (Å²) in [6, 6.07) is 10.9. The molecule has 0 bridgehead atoms. The van der Waals surface area contributed by atoms with Gasteiger partial charge in [-0.2, -0.15) is 0 Å². The van der Waals surface area contributed by atoms with Crippen molar-refractivity contribution in [3.05, 3.63) is 63.9 Å². The largest absolute Gasteiger partial charge is 0.483 e. The number of carbonyl (C=O) groups is 2. The van der Waals surface area contributed by atoms with Crippen molar-refractivity contribution >= 4 is 27.7 Å². The van der Waals surface area contributed by atoms with Crippen LogP contribution in [-0.2, 0) is 22.6 Å². The number of amides is 2. The number of carbonyl (C=O) groups excluding carboxylic acids is 2. The van der Waals surface area contributed by atoms with Crippen LogP contribution in [0.15, 0.2) is 46.9 Å². The van der Waals surface area contributed by atoms with Crippen LogP contribution in [0.5, 0.6) is 5.75 Å². The molecule has 0 saturated heterocycles. The van der Waals surface area contributed by atoms with E-state index in [0.29, 0.717) is 18.2 Å². The summed E-state index contributed by atoms with van der Waals surface area (Å²) in [6.45, 7) is 8.23. The van der Waals surface area contributed by atoms with E-state index in [1.807, 2.05) is 32.0 Å². The molecule has 0 radical (unpaired) electrons. The van der Waals surface area contributed by atoms with Crippen molar-refractivity contribution in [1.82, 2.24) is 10.2 Å². The van der Waals surface area contributed by atoms with Gasteiger partial charge in [-0.1, -0.05) is 39.0 Å². The predicted molar refractivity (Wildman–Crippen MR) is 123 cm³/mol. The number of hydrogen-bond donors (Lipinski definition) is 1. The minimum atomic E-state index is -0.703. The third-order valence-corrected chi connectivity index (χ3v) is 5.49. The Hall–Kier alpha value is -2.41. The third-order valence-electron chi connectivity index (χ3n) is 4.87. The highest BCUT2D eigenvalue weighted by Gasteiger charge is 2.26. The number of benzene rings is 2. The van der Waals surface area contributed by atoms with Crippen molar-refractivity contribution in [1.29, 1.82) is 0 Å². The topological polar surface area (TPSA) is 58.6 Å². The van der Waals surface area contributed by atoms with E-state index in [0.717, 1.165) is 22.0 Å². The van der Waals surface area contributed by atoms with Crippen molar-refractivity contribution in [3.63, 3.8) is 0 Å². The second kappa shape index (κ2) is 11.8. The SMILES string of the molecule is CCc1ccc(OCC(=O)N(Cc2ccc(F)cc2)[C@@H](C)C(=O)NCC(C)C)c(Br)c1. The van der Waals surface area contributed by atoms with Gasteiger partial charge in [-0.05, 0) is 70.6 Å². The molecule has 0 aliphatic heterocycles. The first-order chi connectivity index (χ1) is 14.7. The summed E-state index contributed by atoms with van der Waals surface area (Å²) in [6.07, 6.45) is 0.895. The van der Waals surface area contributed by atoms with Gasteiger partial charge in [0, 0.05) is 13.1 Å². The lowest BCUT2D eigenvalue weighted by Gasteiger charge is -2.29. The fourth-order valence-corrected chi connectivity index (χ4v) is 3.47. The molecule has 2 aromatic carbocycles. The quantitative estimate of drug-likeness (QED) is 0.521. The van der Waals surface area contributed by atoms with Crippen LogP contribution in [0.2, 0.25) is 0 Å². The molecule has 0 unspecified atom stereocenters. The number of nitrogens with zero attached hydrogens (tertiary/aromatic N) is 1. The van der Waals surface area contributed by atoms with E-state index in [9.17, 15) is 14.0 Å². The first-order valence-electron chi connectivity index (χ1n) is 10.4. The van der Waals surface area contributed by atoms with Gasteiger partial charge in [0.15, 0.2) is 6.61 Å². The van der Waals surface area contributed by atoms with Crippen LogP contribution in [-0.4, -0.2) is 35.9 Å². The fraction of sp³-hybridized carbons (Fsp3) is 0.417. The fourth-order valence-electron chi connectivity index (χ4n) is 2.93. The van der Waals surface area contributed by atoms with E-state index in [1.165, 1.54) is 17.0 Å². The van der Waals surface area contributed by atoms with E-state index in [-0.39, 0.29) is 30.8 Å². The molecule has 31 heavy (non-hydrogen) atoms. The van der Waals surface area contributed by atoms with Gasteiger partial charge in [-0.15, -0.1) is 0 Å². The molecule has 168 valence electrons. The maximum atomic E-state index is 13.3. The summed E-state index contributed by atoms with van der Waals surface area (Å²) < 4.78 is 19.8. The van der Waals surface area contributed by atoms with Gasteiger partial charge >= 0.3 is 0 Å². The molecule has 5 nitrogen and oxygen atoms in total. The molecular weight excluding hydrogens is 463 g/mol. The Morgan fingerprint density at radius 2 is 1.74 bits per heavy atom. The minimum absolute atomic E-state index is 0.175. The molecular formula is C24H30BrFN2O3. The van der Waals surface area contributed by atoms with Gasteiger partial charge in [0.05, 0.1) is 4.47 Å². The van der Waals surface area contributed by atoms with Crippen LogP contribution in [0.1, 0.15) is 38.8 Å². The van der Waals surface area contributed by atoms with E-state index in [4.69, 9.17) is 4.74 Å². The maximum absolute atomic E-state index is 13.3. The van der Waals surface area contributed by atoms with Crippen LogP contribution in [0, 0.1) is 11.7 Å². The standard InChI is InChI=1S/C24H30BrFN2O3/c1-5-18-8-11-22(21(25)12-18)31-15-23(29)28(14-19-6-9-20(26)10-7-19)17(4)24(30)27-13-16(2)3/h6-12,16-17H,5,13-15H2,1-4H3,(H,27,30)/t17-/m0/s1. The van der Waals surface area contributed by atoms with Crippen molar-refractivity contribution in [2.24, 2.45) is 5.92 Å². The molecule has 0 aliphatic carbocycles. The Bertz CT molecular complexity index is 887. The highest BCUT2D eigenvalue weighted by molar-refractivity contribution is 9.10. The molecule has 0 fully saturated rings. The lowest BCUT2D eigenvalue weighted by atomic mass is 10.1. The number of ether oxygens (including phenoxy) is 1. The van der Waals surface area contributed by atoms with Gasteiger partial charge in [0.1, 0.15) is 17.6 Å². The molecule has 0 heterocycles. The van der Waals surface area contributed by atoms with Crippen LogP contribution in [0.4, 0.5) is 4.39 Å². The molecule has 0 saturated carbocycles. The third kappa shape index (κ3) is 7.65. The van der Waals surface area contributed by atoms with Crippen molar-refractivity contribution in [2.45, 2.75) is 46.7 Å². The van der Waals surface area contributed by atoms with Gasteiger partial charge in [0.2, 0.25) is 5.91 Å². The van der Waals surface area contributed by atoms with Gasteiger partial charge < -0.3 is 15.0 Å². The van der Waals surface area contributed by atoms with Crippen molar-refractivity contribution in [3.8, 4) is 5.75 Å². The Morgan fingerprint density at radius 1 is 1.10 bits per heavy atom. The lowest BCUT2D eigenvalue weighted by molar-refractivity contribution is -0.142. The Kier molecular flexibility index (Phi) is 9.49. The molecule has 7 heteroatoms. The van der Waals surface area contributed by atoms with Crippen LogP contribution >= 0.6 is 15.9 Å². The van der Waals surface area contributed by atoms with E-state index >= 15 is 0 Å². The van der Waals surface area contributed by atoms with Gasteiger partial charge in [-0.25, -0.2) is 4.39 Å². The number of halogens is 2. The predicted octanol–water partition coefficient (Wildman–Crippen LogP) is 4.72. The summed E-state index contributed by atoms with van der Waals surface area (Å²) >= 11 is 3.47. The molecule has 2 rings (SSSR count). The lowest BCUT2D eigenvalue weighted by Crippen LogP contribution is -2.49. The normalized spacial score (nSPS) is 11.8. The Balaban J connectivity index is 2.14. The number of hydrogen-bond acceptors (Lipinski definition) is 3. The molecule has 0 aromatic heterocycles. The molecule has 1 N–H and O–H groups in total. The van der Waals surface area contributed by atoms with E-state index in [2.05, 4.69) is 28.2 Å². The molecule has 0 aliphatic rings. The first kappa shape index (κ1) is 24.9. The van der Waals surface area contributed by atoms with E-state index < -0.39 is 6.04 Å². The first-order valence-corrected chi connectivity index (χ1v) is 11.2. The second-order valence-electron chi connectivity index (χ2n) is 7.87. The average molecular weight is 493 g/mol. The monoisotopic (exact) mass is 492 g/mol. The zero-order chi connectivity index (χ0) is 23.0. The van der Waals surface area contributed by atoms with Crippen LogP contribution in [0.25, 0.3) is 0 Å². The molecule has 1 atom stereocenters. The van der Waals surface area contributed by atoms with Crippen molar-refractivity contribution in [2.75, 3.05) is 13.2 Å². The zero-order valence-corrected chi connectivity index (χ0v) is 20.0. The Morgan fingerprint density at radius 3 is 2.32 bits per heavy atom. The van der Waals surface area contributed by atoms with Crippen molar-refractivity contribution < 1.29 is 18.7 Å². The molecule has 0 spiro atoms. The number of nitrogens with one attached hydrogen (secondary N) is 1. The van der Waals surface area contributed by atoms with Crippen LogP contribution < -0.4 is 10.1 Å². The molecule has 2 amide bonds. The highest BCUT2D eigenvalue weighted by Crippen LogP contribution is 2.26. The smallest absolute Gasteiger partial charge is 0.261 e.